The first-order valence-corrected chi connectivity index (χ1v) is 6.94. The maximum Gasteiger partial charge on any atom is 0.255 e. The first-order chi connectivity index (χ1) is 10.3. The summed E-state index contributed by atoms with van der Waals surface area (Å²) in [5, 5.41) is 3.99. The maximum atomic E-state index is 12.2. The fourth-order valence-corrected chi connectivity index (χ4v) is 2.32. The molecule has 1 amide bonds. The molecule has 0 aliphatic carbocycles. The predicted molar refractivity (Wildman–Crippen MR) is 85.5 cm³/mol. The van der Waals surface area contributed by atoms with Crippen LogP contribution in [0, 0.1) is 0 Å². The summed E-state index contributed by atoms with van der Waals surface area (Å²) < 4.78 is 0. The van der Waals surface area contributed by atoms with Crippen LogP contribution < -0.4 is 11.1 Å². The average Bonchev–Trinajstić information content (AvgIpc) is 2.96. The molecule has 0 atom stereocenters. The van der Waals surface area contributed by atoms with Crippen molar-refractivity contribution in [2.24, 2.45) is 5.73 Å². The Bertz CT molecular complexity index is 759. The predicted octanol–water partition coefficient (Wildman–Crippen LogP) is 2.92. The summed E-state index contributed by atoms with van der Waals surface area (Å²) in [5.74, 6) is -0.107. The van der Waals surface area contributed by atoms with Crippen molar-refractivity contribution in [3.8, 4) is 0 Å². The number of amides is 1. The molecule has 21 heavy (non-hydrogen) atoms. The standard InChI is InChI=1S/C17H17N3O/c18-9-7-12-1-3-13(4-2-12)17(21)20-15-5-6-16-14(11-15)8-10-19-16/h1-6,8,10-11,19H,7,9,18H2,(H,20,21). The minimum atomic E-state index is -0.107. The van der Waals surface area contributed by atoms with E-state index in [9.17, 15) is 4.79 Å². The van der Waals surface area contributed by atoms with Gasteiger partial charge in [0, 0.05) is 28.4 Å². The minimum Gasteiger partial charge on any atom is -0.361 e. The van der Waals surface area contributed by atoms with Crippen LogP contribution in [0.1, 0.15) is 15.9 Å². The van der Waals surface area contributed by atoms with E-state index in [4.69, 9.17) is 5.73 Å². The summed E-state index contributed by atoms with van der Waals surface area (Å²) >= 11 is 0. The zero-order chi connectivity index (χ0) is 14.7. The van der Waals surface area contributed by atoms with Crippen LogP contribution in [0.2, 0.25) is 0 Å². The highest BCUT2D eigenvalue weighted by Crippen LogP contribution is 2.18. The first-order valence-electron chi connectivity index (χ1n) is 6.94. The van der Waals surface area contributed by atoms with Gasteiger partial charge < -0.3 is 16.0 Å². The third kappa shape index (κ3) is 2.95. The molecule has 0 spiro atoms. The first kappa shape index (κ1) is 13.4. The highest BCUT2D eigenvalue weighted by molar-refractivity contribution is 6.05. The molecule has 0 aliphatic rings. The molecule has 0 fully saturated rings. The van der Waals surface area contributed by atoms with E-state index in [1.165, 1.54) is 0 Å². The van der Waals surface area contributed by atoms with Gasteiger partial charge in [-0.1, -0.05) is 12.1 Å². The summed E-state index contributed by atoms with van der Waals surface area (Å²) in [6.07, 6.45) is 2.71. The maximum absolute atomic E-state index is 12.2. The van der Waals surface area contributed by atoms with Gasteiger partial charge in [-0.3, -0.25) is 4.79 Å². The second kappa shape index (κ2) is 5.81. The molecule has 3 aromatic rings. The van der Waals surface area contributed by atoms with Crippen LogP contribution in [0.15, 0.2) is 54.7 Å². The lowest BCUT2D eigenvalue weighted by Crippen LogP contribution is -2.12. The summed E-state index contributed by atoms with van der Waals surface area (Å²) in [5.41, 5.74) is 9.14. The van der Waals surface area contributed by atoms with E-state index in [1.54, 1.807) is 0 Å². The van der Waals surface area contributed by atoms with Crippen molar-refractivity contribution in [3.63, 3.8) is 0 Å². The number of nitrogens with two attached hydrogens (primary N) is 1. The van der Waals surface area contributed by atoms with Crippen molar-refractivity contribution in [2.45, 2.75) is 6.42 Å². The third-order valence-corrected chi connectivity index (χ3v) is 3.46. The van der Waals surface area contributed by atoms with Crippen LogP contribution in [-0.4, -0.2) is 17.4 Å². The molecular formula is C17H17N3O. The molecule has 4 N–H and O–H groups in total. The third-order valence-electron chi connectivity index (χ3n) is 3.46. The number of anilines is 1. The minimum absolute atomic E-state index is 0.107. The fourth-order valence-electron chi connectivity index (χ4n) is 2.32. The molecule has 4 heteroatoms. The van der Waals surface area contributed by atoms with Crippen molar-refractivity contribution in [3.05, 3.63) is 65.9 Å². The van der Waals surface area contributed by atoms with E-state index in [0.717, 1.165) is 28.6 Å². The fraction of sp³-hybridized carbons (Fsp3) is 0.118. The van der Waals surface area contributed by atoms with Crippen molar-refractivity contribution in [1.82, 2.24) is 4.98 Å². The van der Waals surface area contributed by atoms with E-state index in [1.807, 2.05) is 54.7 Å². The van der Waals surface area contributed by atoms with Crippen molar-refractivity contribution < 1.29 is 4.79 Å². The number of aromatic amines is 1. The molecule has 4 nitrogen and oxygen atoms in total. The highest BCUT2D eigenvalue weighted by Gasteiger charge is 2.06. The van der Waals surface area contributed by atoms with Crippen LogP contribution in [-0.2, 0) is 6.42 Å². The van der Waals surface area contributed by atoms with Crippen LogP contribution >= 0.6 is 0 Å². The molecule has 0 saturated heterocycles. The zero-order valence-corrected chi connectivity index (χ0v) is 11.6. The number of H-pyrrole nitrogens is 1. The number of hydrogen-bond donors (Lipinski definition) is 3. The second-order valence-corrected chi connectivity index (χ2v) is 4.97. The molecular weight excluding hydrogens is 262 g/mol. The number of aromatic nitrogens is 1. The molecule has 0 bridgehead atoms. The Morgan fingerprint density at radius 1 is 1.10 bits per heavy atom. The van der Waals surface area contributed by atoms with Gasteiger partial charge in [0.15, 0.2) is 0 Å². The van der Waals surface area contributed by atoms with Gasteiger partial charge in [0.1, 0.15) is 0 Å². The van der Waals surface area contributed by atoms with E-state index < -0.39 is 0 Å². The average molecular weight is 279 g/mol. The van der Waals surface area contributed by atoms with Gasteiger partial charge in [-0.25, -0.2) is 0 Å². The zero-order valence-electron chi connectivity index (χ0n) is 11.6. The van der Waals surface area contributed by atoms with Crippen molar-refractivity contribution >= 4 is 22.5 Å². The van der Waals surface area contributed by atoms with Gasteiger partial charge in [-0.2, -0.15) is 0 Å². The van der Waals surface area contributed by atoms with Crippen LogP contribution in [0.4, 0.5) is 5.69 Å². The van der Waals surface area contributed by atoms with Crippen molar-refractivity contribution in [2.75, 3.05) is 11.9 Å². The summed E-state index contributed by atoms with van der Waals surface area (Å²) in [6, 6.07) is 15.3. The number of carbonyl (C=O) groups excluding carboxylic acids is 1. The van der Waals surface area contributed by atoms with E-state index in [0.29, 0.717) is 12.1 Å². The van der Waals surface area contributed by atoms with Gasteiger partial charge in [0.05, 0.1) is 0 Å². The lowest BCUT2D eigenvalue weighted by molar-refractivity contribution is 0.102. The van der Waals surface area contributed by atoms with Crippen LogP contribution in [0.25, 0.3) is 10.9 Å². The van der Waals surface area contributed by atoms with Gasteiger partial charge in [-0.15, -0.1) is 0 Å². The Balaban J connectivity index is 1.75. The Kier molecular flexibility index (Phi) is 3.71. The normalized spacial score (nSPS) is 10.7. The molecule has 3 rings (SSSR count). The molecule has 0 saturated carbocycles. The number of nitrogens with one attached hydrogen (secondary N) is 2. The summed E-state index contributed by atoms with van der Waals surface area (Å²) in [4.78, 5) is 15.3. The topological polar surface area (TPSA) is 70.9 Å². The van der Waals surface area contributed by atoms with E-state index >= 15 is 0 Å². The van der Waals surface area contributed by atoms with E-state index in [2.05, 4.69) is 10.3 Å². The number of carbonyl (C=O) groups is 1. The quantitative estimate of drug-likeness (QED) is 0.687. The summed E-state index contributed by atoms with van der Waals surface area (Å²) in [6.45, 7) is 0.613. The van der Waals surface area contributed by atoms with Crippen LogP contribution in [0.3, 0.4) is 0 Å². The lowest BCUT2D eigenvalue weighted by Gasteiger charge is -2.06. The Hall–Kier alpha value is -2.59. The van der Waals surface area contributed by atoms with Gasteiger partial charge in [0.2, 0.25) is 0 Å². The number of hydrogen-bond acceptors (Lipinski definition) is 2. The van der Waals surface area contributed by atoms with E-state index in [-0.39, 0.29) is 5.91 Å². The molecule has 106 valence electrons. The van der Waals surface area contributed by atoms with Crippen molar-refractivity contribution in [1.29, 1.82) is 0 Å². The number of rotatable bonds is 4. The summed E-state index contributed by atoms with van der Waals surface area (Å²) in [7, 11) is 0. The highest BCUT2D eigenvalue weighted by atomic mass is 16.1. The molecule has 1 heterocycles. The number of fused-ring (bicyclic) bond motifs is 1. The second-order valence-electron chi connectivity index (χ2n) is 4.97. The molecule has 2 aromatic carbocycles. The smallest absolute Gasteiger partial charge is 0.255 e. The largest absolute Gasteiger partial charge is 0.361 e. The molecule has 0 radical (unpaired) electrons. The molecule has 0 unspecified atom stereocenters. The Morgan fingerprint density at radius 2 is 1.90 bits per heavy atom. The molecule has 0 aliphatic heterocycles. The Morgan fingerprint density at radius 3 is 2.67 bits per heavy atom. The van der Waals surface area contributed by atoms with Gasteiger partial charge >= 0.3 is 0 Å². The molecule has 1 aromatic heterocycles. The number of benzene rings is 2. The van der Waals surface area contributed by atoms with Gasteiger partial charge in [0.25, 0.3) is 5.91 Å². The SMILES string of the molecule is NCCc1ccc(C(=O)Nc2ccc3[nH]ccc3c2)cc1. The Labute approximate surface area is 123 Å². The monoisotopic (exact) mass is 279 g/mol. The van der Waals surface area contributed by atoms with Gasteiger partial charge in [-0.05, 0) is 54.9 Å². The van der Waals surface area contributed by atoms with Crippen LogP contribution in [0.5, 0.6) is 0 Å². The lowest BCUT2D eigenvalue weighted by atomic mass is 10.1.